The molecule has 3 heteroatoms. The molecule has 0 spiro atoms. The first-order valence-electron chi connectivity index (χ1n) is 7.09. The van der Waals surface area contributed by atoms with E-state index in [-0.39, 0.29) is 5.54 Å². The molecular weight excluding hydrogens is 212 g/mol. The molecule has 0 radical (unpaired) electrons. The molecule has 1 saturated heterocycles. The van der Waals surface area contributed by atoms with Crippen molar-refractivity contribution in [3.8, 4) is 0 Å². The normalized spacial score (nSPS) is 44.1. The van der Waals surface area contributed by atoms with Crippen molar-refractivity contribution in [3.63, 3.8) is 0 Å². The lowest BCUT2D eigenvalue weighted by Gasteiger charge is -2.47. The lowest BCUT2D eigenvalue weighted by Crippen LogP contribution is -2.58. The zero-order valence-corrected chi connectivity index (χ0v) is 11.6. The number of methoxy groups -OCH3 is 1. The maximum Gasteiger partial charge on any atom is 0.0724 e. The number of hydrogen-bond acceptors (Lipinski definition) is 3. The summed E-state index contributed by atoms with van der Waals surface area (Å²) in [6, 6.07) is 0. The van der Waals surface area contributed by atoms with Gasteiger partial charge in [-0.3, -0.25) is 4.90 Å². The van der Waals surface area contributed by atoms with Crippen molar-refractivity contribution in [2.45, 2.75) is 51.2 Å². The van der Waals surface area contributed by atoms with Crippen LogP contribution in [0.1, 0.15) is 39.5 Å². The van der Waals surface area contributed by atoms with Gasteiger partial charge in [-0.25, -0.2) is 0 Å². The van der Waals surface area contributed by atoms with E-state index in [1.54, 1.807) is 0 Å². The van der Waals surface area contributed by atoms with Crippen molar-refractivity contribution in [2.75, 3.05) is 26.7 Å². The Morgan fingerprint density at radius 2 is 2.12 bits per heavy atom. The molecule has 0 bridgehead atoms. The van der Waals surface area contributed by atoms with E-state index in [0.29, 0.717) is 12.0 Å². The standard InChI is InChI=1S/C14H28N2O/c1-11-4-6-14(8-11,10-15)16-7-5-12(2)13(9-16)17-3/h11-13H,4-10,15H2,1-3H3. The topological polar surface area (TPSA) is 38.5 Å². The molecule has 2 rings (SSSR count). The highest BCUT2D eigenvalue weighted by Crippen LogP contribution is 2.40. The average Bonchev–Trinajstić information content (AvgIpc) is 2.73. The van der Waals surface area contributed by atoms with Crippen LogP contribution in [0.25, 0.3) is 0 Å². The van der Waals surface area contributed by atoms with Crippen LogP contribution >= 0.6 is 0 Å². The van der Waals surface area contributed by atoms with Crippen molar-refractivity contribution in [2.24, 2.45) is 17.6 Å². The quantitative estimate of drug-likeness (QED) is 0.818. The number of nitrogens with zero attached hydrogens (tertiary/aromatic N) is 1. The molecule has 4 atom stereocenters. The van der Waals surface area contributed by atoms with Gasteiger partial charge in [-0.15, -0.1) is 0 Å². The first-order chi connectivity index (χ1) is 8.11. The van der Waals surface area contributed by atoms with E-state index in [2.05, 4.69) is 18.7 Å². The first kappa shape index (κ1) is 13.3. The van der Waals surface area contributed by atoms with E-state index in [1.165, 1.54) is 32.2 Å². The summed E-state index contributed by atoms with van der Waals surface area (Å²) in [5.41, 5.74) is 6.38. The molecule has 0 aromatic carbocycles. The molecule has 3 nitrogen and oxygen atoms in total. The van der Waals surface area contributed by atoms with Crippen LogP contribution in [0.3, 0.4) is 0 Å². The first-order valence-corrected chi connectivity index (χ1v) is 7.09. The molecule has 2 fully saturated rings. The number of rotatable bonds is 3. The van der Waals surface area contributed by atoms with Gasteiger partial charge in [0.05, 0.1) is 6.10 Å². The fraction of sp³-hybridized carbons (Fsp3) is 1.00. The molecule has 1 heterocycles. The highest BCUT2D eigenvalue weighted by molar-refractivity contribution is 5.00. The Morgan fingerprint density at radius 1 is 1.35 bits per heavy atom. The number of hydrogen-bond donors (Lipinski definition) is 1. The third-order valence-electron chi connectivity index (χ3n) is 5.07. The van der Waals surface area contributed by atoms with E-state index in [0.717, 1.165) is 19.0 Å². The Labute approximate surface area is 106 Å². The maximum absolute atomic E-state index is 6.10. The zero-order chi connectivity index (χ0) is 12.5. The largest absolute Gasteiger partial charge is 0.380 e. The number of nitrogens with two attached hydrogens (primary N) is 1. The lowest BCUT2D eigenvalue weighted by molar-refractivity contribution is -0.0439. The van der Waals surface area contributed by atoms with Gasteiger partial charge < -0.3 is 10.5 Å². The van der Waals surface area contributed by atoms with Crippen LogP contribution in [-0.2, 0) is 4.74 Å². The summed E-state index contributed by atoms with van der Waals surface area (Å²) in [5, 5.41) is 0. The molecule has 4 unspecified atom stereocenters. The highest BCUT2D eigenvalue weighted by Gasteiger charge is 2.43. The highest BCUT2D eigenvalue weighted by atomic mass is 16.5. The monoisotopic (exact) mass is 240 g/mol. The maximum atomic E-state index is 6.10. The van der Waals surface area contributed by atoms with E-state index >= 15 is 0 Å². The van der Waals surface area contributed by atoms with Gasteiger partial charge in [0.1, 0.15) is 0 Å². The van der Waals surface area contributed by atoms with E-state index in [1.807, 2.05) is 7.11 Å². The van der Waals surface area contributed by atoms with Crippen molar-refractivity contribution in [1.29, 1.82) is 0 Å². The van der Waals surface area contributed by atoms with E-state index in [9.17, 15) is 0 Å². The minimum Gasteiger partial charge on any atom is -0.380 e. The van der Waals surface area contributed by atoms with E-state index < -0.39 is 0 Å². The third kappa shape index (κ3) is 2.51. The van der Waals surface area contributed by atoms with Gasteiger partial charge in [0.2, 0.25) is 0 Å². The lowest BCUT2D eigenvalue weighted by atomic mass is 9.87. The number of likely N-dealkylation sites (tertiary alicyclic amines) is 1. The van der Waals surface area contributed by atoms with Crippen LogP contribution in [0.5, 0.6) is 0 Å². The van der Waals surface area contributed by atoms with Crippen LogP contribution in [0.4, 0.5) is 0 Å². The zero-order valence-electron chi connectivity index (χ0n) is 11.6. The summed E-state index contributed by atoms with van der Waals surface area (Å²) in [6.07, 6.45) is 5.52. The van der Waals surface area contributed by atoms with Crippen molar-refractivity contribution in [1.82, 2.24) is 4.90 Å². The van der Waals surface area contributed by atoms with Crippen molar-refractivity contribution >= 4 is 0 Å². The minimum absolute atomic E-state index is 0.274. The molecule has 17 heavy (non-hydrogen) atoms. The van der Waals surface area contributed by atoms with Crippen LogP contribution in [0, 0.1) is 11.8 Å². The van der Waals surface area contributed by atoms with Crippen LogP contribution < -0.4 is 5.73 Å². The second-order valence-electron chi connectivity index (χ2n) is 6.26. The van der Waals surface area contributed by atoms with Gasteiger partial charge in [0, 0.05) is 25.7 Å². The summed E-state index contributed by atoms with van der Waals surface area (Å²) in [7, 11) is 1.84. The van der Waals surface area contributed by atoms with Crippen molar-refractivity contribution in [3.05, 3.63) is 0 Å². The number of ether oxygens (including phenoxy) is 1. The molecule has 1 aliphatic carbocycles. The summed E-state index contributed by atoms with van der Waals surface area (Å²) in [4.78, 5) is 2.63. The number of piperidine rings is 1. The van der Waals surface area contributed by atoms with Gasteiger partial charge >= 0.3 is 0 Å². The van der Waals surface area contributed by atoms with Gasteiger partial charge in [-0.1, -0.05) is 13.8 Å². The van der Waals surface area contributed by atoms with Crippen molar-refractivity contribution < 1.29 is 4.74 Å². The Morgan fingerprint density at radius 3 is 2.65 bits per heavy atom. The smallest absolute Gasteiger partial charge is 0.0724 e. The fourth-order valence-electron chi connectivity index (χ4n) is 3.74. The second kappa shape index (κ2) is 5.25. The van der Waals surface area contributed by atoms with E-state index in [4.69, 9.17) is 10.5 Å². The summed E-state index contributed by atoms with van der Waals surface area (Å²) >= 11 is 0. The molecular formula is C14H28N2O. The fourth-order valence-corrected chi connectivity index (χ4v) is 3.74. The van der Waals surface area contributed by atoms with Crippen LogP contribution in [0.2, 0.25) is 0 Å². The Kier molecular flexibility index (Phi) is 4.11. The molecule has 0 aromatic rings. The molecule has 2 N–H and O–H groups in total. The Balaban J connectivity index is 2.05. The predicted molar refractivity (Wildman–Crippen MR) is 71.0 cm³/mol. The minimum atomic E-state index is 0.274. The van der Waals surface area contributed by atoms with Gasteiger partial charge in [-0.05, 0) is 44.1 Å². The average molecular weight is 240 g/mol. The summed E-state index contributed by atoms with van der Waals surface area (Å²) < 4.78 is 5.63. The molecule has 1 saturated carbocycles. The predicted octanol–water partition coefficient (Wildman–Crippen LogP) is 1.86. The SMILES string of the molecule is COC1CN(C2(CN)CCC(C)C2)CCC1C. The second-order valence-corrected chi connectivity index (χ2v) is 6.26. The van der Waals surface area contributed by atoms with Gasteiger partial charge in [-0.2, -0.15) is 0 Å². The Hall–Kier alpha value is -0.120. The summed E-state index contributed by atoms with van der Waals surface area (Å²) in [5.74, 6) is 1.52. The van der Waals surface area contributed by atoms with Gasteiger partial charge in [0.15, 0.2) is 0 Å². The summed E-state index contributed by atoms with van der Waals surface area (Å²) in [6.45, 7) is 7.74. The van der Waals surface area contributed by atoms with Gasteiger partial charge in [0.25, 0.3) is 0 Å². The Bertz CT molecular complexity index is 259. The van der Waals surface area contributed by atoms with Crippen LogP contribution in [0.15, 0.2) is 0 Å². The molecule has 100 valence electrons. The third-order valence-corrected chi connectivity index (χ3v) is 5.07. The molecule has 0 aromatic heterocycles. The van der Waals surface area contributed by atoms with Crippen LogP contribution in [-0.4, -0.2) is 43.3 Å². The molecule has 2 aliphatic rings. The molecule has 0 amide bonds. The molecule has 1 aliphatic heterocycles.